The molecule has 0 aliphatic heterocycles. The first kappa shape index (κ1) is 13.0. The topological polar surface area (TPSA) is 94.8 Å². The van der Waals surface area contributed by atoms with E-state index in [1.165, 1.54) is 12.1 Å². The van der Waals surface area contributed by atoms with Gasteiger partial charge in [-0.1, -0.05) is 12.1 Å². The van der Waals surface area contributed by atoms with Crippen LogP contribution in [0.2, 0.25) is 0 Å². The molecule has 0 aliphatic rings. The third-order valence-electron chi connectivity index (χ3n) is 2.51. The monoisotopic (exact) mass is 238 g/mol. The fourth-order valence-corrected chi connectivity index (χ4v) is 1.63. The summed E-state index contributed by atoms with van der Waals surface area (Å²) in [6.45, 7) is 1.77. The van der Waals surface area contributed by atoms with Gasteiger partial charge in [-0.25, -0.2) is 0 Å². The van der Waals surface area contributed by atoms with E-state index in [1.807, 2.05) is 0 Å². The minimum absolute atomic E-state index is 0.0404. The van der Waals surface area contributed by atoms with Crippen molar-refractivity contribution in [3.63, 3.8) is 0 Å². The second-order valence-corrected chi connectivity index (χ2v) is 3.89. The van der Waals surface area contributed by atoms with Gasteiger partial charge < -0.3 is 15.3 Å². The molecular formula is C12H14O5. The third kappa shape index (κ3) is 3.48. The van der Waals surface area contributed by atoms with Crippen LogP contribution < -0.4 is 0 Å². The Kier molecular flexibility index (Phi) is 4.09. The number of rotatable bonds is 5. The van der Waals surface area contributed by atoms with Crippen LogP contribution in [0.1, 0.15) is 29.9 Å². The van der Waals surface area contributed by atoms with Gasteiger partial charge in [0.1, 0.15) is 5.75 Å². The van der Waals surface area contributed by atoms with Crippen LogP contribution in [0.5, 0.6) is 5.75 Å². The van der Waals surface area contributed by atoms with Crippen LogP contribution in [0.25, 0.3) is 0 Å². The van der Waals surface area contributed by atoms with Crippen molar-refractivity contribution in [1.29, 1.82) is 0 Å². The number of aromatic hydroxyl groups is 1. The molecule has 17 heavy (non-hydrogen) atoms. The Morgan fingerprint density at radius 2 is 1.94 bits per heavy atom. The number of carbonyl (C=O) groups is 2. The quantitative estimate of drug-likeness (QED) is 0.726. The molecule has 0 heterocycles. The van der Waals surface area contributed by atoms with E-state index in [2.05, 4.69) is 0 Å². The fraction of sp³-hybridized carbons (Fsp3) is 0.333. The molecule has 0 aromatic heterocycles. The molecule has 3 N–H and O–H groups in total. The smallest absolute Gasteiger partial charge is 0.311 e. The Labute approximate surface area is 98.3 Å². The third-order valence-corrected chi connectivity index (χ3v) is 2.51. The van der Waals surface area contributed by atoms with Gasteiger partial charge in [-0.15, -0.1) is 0 Å². The van der Waals surface area contributed by atoms with Gasteiger partial charge in [-0.2, -0.15) is 0 Å². The number of phenols is 1. The summed E-state index contributed by atoms with van der Waals surface area (Å²) in [7, 11) is 0. The Morgan fingerprint density at radius 1 is 1.29 bits per heavy atom. The van der Waals surface area contributed by atoms with Crippen LogP contribution in [0, 0.1) is 6.92 Å². The number of carboxylic acids is 2. The van der Waals surface area contributed by atoms with Crippen molar-refractivity contribution >= 4 is 11.9 Å². The largest absolute Gasteiger partial charge is 0.508 e. The SMILES string of the molecule is Cc1ccc(C(CCC(=O)O)C(=O)O)c(O)c1. The van der Waals surface area contributed by atoms with Gasteiger partial charge in [-0.05, 0) is 25.0 Å². The maximum absolute atomic E-state index is 11.0. The second-order valence-electron chi connectivity index (χ2n) is 3.89. The van der Waals surface area contributed by atoms with Crippen molar-refractivity contribution < 1.29 is 24.9 Å². The molecular weight excluding hydrogens is 224 g/mol. The van der Waals surface area contributed by atoms with Crippen LogP contribution in [-0.2, 0) is 9.59 Å². The molecule has 0 spiro atoms. The molecule has 5 heteroatoms. The van der Waals surface area contributed by atoms with Gasteiger partial charge in [0, 0.05) is 12.0 Å². The first-order chi connectivity index (χ1) is 7.91. The summed E-state index contributed by atoms with van der Waals surface area (Å²) in [4.78, 5) is 21.5. The van der Waals surface area contributed by atoms with Crippen molar-refractivity contribution in [3.05, 3.63) is 29.3 Å². The number of aliphatic carboxylic acids is 2. The molecule has 5 nitrogen and oxygen atoms in total. The molecule has 0 saturated heterocycles. The number of hydrogen-bond donors (Lipinski definition) is 3. The number of hydrogen-bond acceptors (Lipinski definition) is 3. The van der Waals surface area contributed by atoms with Crippen molar-refractivity contribution in [1.82, 2.24) is 0 Å². The van der Waals surface area contributed by atoms with E-state index in [-0.39, 0.29) is 24.2 Å². The van der Waals surface area contributed by atoms with Crippen LogP contribution >= 0.6 is 0 Å². The predicted molar refractivity (Wildman–Crippen MR) is 60.1 cm³/mol. The maximum Gasteiger partial charge on any atom is 0.311 e. The molecule has 0 fully saturated rings. The van der Waals surface area contributed by atoms with Gasteiger partial charge in [0.2, 0.25) is 0 Å². The lowest BCUT2D eigenvalue weighted by atomic mass is 9.93. The Balaban J connectivity index is 2.97. The zero-order valence-electron chi connectivity index (χ0n) is 9.38. The molecule has 0 saturated carbocycles. The van der Waals surface area contributed by atoms with Crippen LogP contribution in [-0.4, -0.2) is 27.3 Å². The summed E-state index contributed by atoms with van der Waals surface area (Å²) >= 11 is 0. The zero-order valence-corrected chi connectivity index (χ0v) is 9.38. The lowest BCUT2D eigenvalue weighted by Gasteiger charge is -2.13. The minimum atomic E-state index is -1.13. The molecule has 0 aliphatic carbocycles. The summed E-state index contributed by atoms with van der Waals surface area (Å²) in [5.74, 6) is -3.29. The maximum atomic E-state index is 11.0. The highest BCUT2D eigenvalue weighted by Gasteiger charge is 2.23. The standard InChI is InChI=1S/C12H14O5/c1-7-2-3-8(10(13)6-7)9(12(16)17)4-5-11(14)15/h2-3,6,9,13H,4-5H2,1H3,(H,14,15)(H,16,17). The molecule has 0 amide bonds. The van der Waals surface area contributed by atoms with Gasteiger partial charge in [-0.3, -0.25) is 9.59 Å². The summed E-state index contributed by atoms with van der Waals surface area (Å²) < 4.78 is 0. The molecule has 92 valence electrons. The van der Waals surface area contributed by atoms with Gasteiger partial charge in [0.25, 0.3) is 0 Å². The fourth-order valence-electron chi connectivity index (χ4n) is 1.63. The van der Waals surface area contributed by atoms with Gasteiger partial charge in [0.15, 0.2) is 0 Å². The summed E-state index contributed by atoms with van der Waals surface area (Å²) in [5, 5.41) is 27.2. The van der Waals surface area contributed by atoms with E-state index in [4.69, 9.17) is 10.2 Å². The van der Waals surface area contributed by atoms with Crippen molar-refractivity contribution in [2.75, 3.05) is 0 Å². The summed E-state index contributed by atoms with van der Waals surface area (Å²) in [5.41, 5.74) is 1.07. The Hall–Kier alpha value is -2.04. The second kappa shape index (κ2) is 5.34. The van der Waals surface area contributed by atoms with E-state index in [0.29, 0.717) is 0 Å². The molecule has 1 rings (SSSR count). The lowest BCUT2D eigenvalue weighted by molar-refractivity contribution is -0.140. The summed E-state index contributed by atoms with van der Waals surface area (Å²) in [6, 6.07) is 4.67. The van der Waals surface area contributed by atoms with E-state index in [0.717, 1.165) is 5.56 Å². The minimum Gasteiger partial charge on any atom is -0.508 e. The van der Waals surface area contributed by atoms with Gasteiger partial charge >= 0.3 is 11.9 Å². The normalized spacial score (nSPS) is 12.1. The first-order valence-corrected chi connectivity index (χ1v) is 5.16. The lowest BCUT2D eigenvalue weighted by Crippen LogP contribution is -2.13. The molecule has 0 bridgehead atoms. The van der Waals surface area contributed by atoms with Crippen LogP contribution in [0.3, 0.4) is 0 Å². The zero-order chi connectivity index (χ0) is 13.0. The molecule has 1 aromatic rings. The number of aryl methyl sites for hydroxylation is 1. The number of phenolic OH excluding ortho intramolecular Hbond substituents is 1. The van der Waals surface area contributed by atoms with E-state index in [1.54, 1.807) is 13.0 Å². The number of benzene rings is 1. The number of carboxylic acid groups (broad SMARTS) is 2. The summed E-state index contributed by atoms with van der Waals surface area (Å²) in [6.07, 6.45) is -0.286. The van der Waals surface area contributed by atoms with E-state index >= 15 is 0 Å². The highest BCUT2D eigenvalue weighted by atomic mass is 16.4. The highest BCUT2D eigenvalue weighted by Crippen LogP contribution is 2.30. The molecule has 1 unspecified atom stereocenters. The van der Waals surface area contributed by atoms with Crippen LogP contribution in [0.15, 0.2) is 18.2 Å². The first-order valence-electron chi connectivity index (χ1n) is 5.16. The van der Waals surface area contributed by atoms with E-state index < -0.39 is 17.9 Å². The molecule has 1 aromatic carbocycles. The average molecular weight is 238 g/mol. The Morgan fingerprint density at radius 3 is 2.41 bits per heavy atom. The average Bonchev–Trinajstić information content (AvgIpc) is 2.20. The van der Waals surface area contributed by atoms with Crippen molar-refractivity contribution in [3.8, 4) is 5.75 Å². The molecule has 0 radical (unpaired) electrons. The van der Waals surface area contributed by atoms with E-state index in [9.17, 15) is 14.7 Å². The van der Waals surface area contributed by atoms with Crippen LogP contribution in [0.4, 0.5) is 0 Å². The van der Waals surface area contributed by atoms with Crippen molar-refractivity contribution in [2.45, 2.75) is 25.7 Å². The highest BCUT2D eigenvalue weighted by molar-refractivity contribution is 5.78. The predicted octanol–water partition coefficient (Wildman–Crippen LogP) is 1.73. The van der Waals surface area contributed by atoms with Gasteiger partial charge in [0.05, 0.1) is 5.92 Å². The van der Waals surface area contributed by atoms with Crippen molar-refractivity contribution in [2.24, 2.45) is 0 Å². The molecule has 1 atom stereocenters. The Bertz CT molecular complexity index is 439.